The molecule has 4 nitrogen and oxygen atoms in total. The van der Waals surface area contributed by atoms with Crippen molar-refractivity contribution in [3.63, 3.8) is 0 Å². The van der Waals surface area contributed by atoms with Gasteiger partial charge in [-0.3, -0.25) is 9.59 Å². The Balaban J connectivity index is 1.55. The van der Waals surface area contributed by atoms with E-state index in [1.807, 2.05) is 31.2 Å². The third kappa shape index (κ3) is 3.90. The Labute approximate surface area is 139 Å². The predicted molar refractivity (Wildman–Crippen MR) is 91.5 cm³/mol. The summed E-state index contributed by atoms with van der Waals surface area (Å²) in [4.78, 5) is 24.3. The molecule has 2 aromatic rings. The fraction of sp³-hybridized carbons (Fsp3) is 0.222. The highest BCUT2D eigenvalue weighted by Gasteiger charge is 2.48. The number of hydrogen-bond donors (Lipinski definition) is 2. The molecule has 2 amide bonds. The van der Waals surface area contributed by atoms with Gasteiger partial charge in [0.25, 0.3) is 0 Å². The third-order valence-electron chi connectivity index (χ3n) is 3.86. The maximum Gasteiger partial charge on any atom is 0.228 e. The van der Waals surface area contributed by atoms with Crippen molar-refractivity contribution in [3.8, 4) is 0 Å². The van der Waals surface area contributed by atoms with Gasteiger partial charge in [0.15, 0.2) is 0 Å². The molecule has 1 fully saturated rings. The van der Waals surface area contributed by atoms with Crippen LogP contribution in [0.4, 0.5) is 11.4 Å². The molecule has 118 valence electrons. The van der Waals surface area contributed by atoms with Gasteiger partial charge in [0.2, 0.25) is 11.8 Å². The molecular weight excluding hydrogens is 312 g/mol. The molecule has 2 atom stereocenters. The highest BCUT2D eigenvalue weighted by Crippen LogP contribution is 2.40. The van der Waals surface area contributed by atoms with E-state index in [0.717, 1.165) is 11.3 Å². The number of nitrogens with one attached hydrogen (secondary N) is 2. The molecule has 2 N–H and O–H groups in total. The lowest BCUT2D eigenvalue weighted by molar-refractivity contribution is -0.122. The second kappa shape index (κ2) is 6.42. The molecule has 0 radical (unpaired) electrons. The zero-order chi connectivity index (χ0) is 16.4. The standard InChI is InChI=1S/C18H17ClN2O2/c1-11-3-2-4-14(9-11)21-18(23)16-10-15(16)17(22)20-13-7-5-12(19)6-8-13/h2-9,15-16H,10H2,1H3,(H,20,22)(H,21,23). The maximum absolute atomic E-state index is 12.2. The Kier molecular flexibility index (Phi) is 4.35. The van der Waals surface area contributed by atoms with Gasteiger partial charge in [0.1, 0.15) is 0 Å². The minimum Gasteiger partial charge on any atom is -0.326 e. The van der Waals surface area contributed by atoms with E-state index in [0.29, 0.717) is 17.1 Å². The van der Waals surface area contributed by atoms with E-state index >= 15 is 0 Å². The summed E-state index contributed by atoms with van der Waals surface area (Å²) in [6.45, 7) is 1.97. The van der Waals surface area contributed by atoms with Crippen molar-refractivity contribution >= 4 is 34.8 Å². The molecule has 0 bridgehead atoms. The summed E-state index contributed by atoms with van der Waals surface area (Å²) in [5, 5.41) is 6.29. The van der Waals surface area contributed by atoms with Crippen LogP contribution in [0, 0.1) is 18.8 Å². The molecule has 5 heteroatoms. The molecule has 0 saturated heterocycles. The monoisotopic (exact) mass is 328 g/mol. The smallest absolute Gasteiger partial charge is 0.228 e. The van der Waals surface area contributed by atoms with Crippen LogP contribution in [-0.2, 0) is 9.59 Å². The Bertz CT molecular complexity index is 743. The van der Waals surface area contributed by atoms with Gasteiger partial charge >= 0.3 is 0 Å². The third-order valence-corrected chi connectivity index (χ3v) is 4.11. The molecule has 0 heterocycles. The minimum absolute atomic E-state index is 0.105. The van der Waals surface area contributed by atoms with Gasteiger partial charge in [0.05, 0.1) is 11.8 Å². The fourth-order valence-corrected chi connectivity index (χ4v) is 2.63. The van der Waals surface area contributed by atoms with E-state index in [1.165, 1.54) is 0 Å². The SMILES string of the molecule is Cc1cccc(NC(=O)C2CC2C(=O)Nc2ccc(Cl)cc2)c1. The lowest BCUT2D eigenvalue weighted by Crippen LogP contribution is -2.20. The van der Waals surface area contributed by atoms with Crippen LogP contribution in [0.3, 0.4) is 0 Å². The van der Waals surface area contributed by atoms with Crippen LogP contribution in [0.2, 0.25) is 5.02 Å². The average Bonchev–Trinajstić information content (AvgIpc) is 3.30. The molecule has 1 saturated carbocycles. The second-order valence-electron chi connectivity index (χ2n) is 5.80. The second-order valence-corrected chi connectivity index (χ2v) is 6.24. The summed E-state index contributed by atoms with van der Waals surface area (Å²) in [6.07, 6.45) is 0.580. The molecule has 3 rings (SSSR count). The summed E-state index contributed by atoms with van der Waals surface area (Å²) >= 11 is 5.81. The summed E-state index contributed by atoms with van der Waals surface area (Å²) in [6, 6.07) is 14.5. The van der Waals surface area contributed by atoms with Gasteiger partial charge in [0, 0.05) is 16.4 Å². The van der Waals surface area contributed by atoms with E-state index in [1.54, 1.807) is 24.3 Å². The van der Waals surface area contributed by atoms with Crippen molar-refractivity contribution in [1.29, 1.82) is 0 Å². The summed E-state index contributed by atoms with van der Waals surface area (Å²) in [5.74, 6) is -0.762. The van der Waals surface area contributed by atoms with E-state index in [-0.39, 0.29) is 23.7 Å². The molecule has 0 aliphatic heterocycles. The van der Waals surface area contributed by atoms with E-state index in [2.05, 4.69) is 10.6 Å². The zero-order valence-corrected chi connectivity index (χ0v) is 13.4. The molecule has 2 unspecified atom stereocenters. The van der Waals surface area contributed by atoms with Crippen molar-refractivity contribution in [2.24, 2.45) is 11.8 Å². The first-order valence-corrected chi connectivity index (χ1v) is 7.85. The molecular formula is C18H17ClN2O2. The number of rotatable bonds is 4. The van der Waals surface area contributed by atoms with Crippen LogP contribution in [0.5, 0.6) is 0 Å². The van der Waals surface area contributed by atoms with Gasteiger partial charge in [-0.25, -0.2) is 0 Å². The van der Waals surface area contributed by atoms with Crippen molar-refractivity contribution in [3.05, 3.63) is 59.1 Å². The quantitative estimate of drug-likeness (QED) is 0.895. The number of amides is 2. The molecule has 1 aliphatic rings. The van der Waals surface area contributed by atoms with Gasteiger partial charge < -0.3 is 10.6 Å². The van der Waals surface area contributed by atoms with Crippen LogP contribution in [-0.4, -0.2) is 11.8 Å². The van der Waals surface area contributed by atoms with Gasteiger partial charge in [-0.1, -0.05) is 23.7 Å². The number of anilines is 2. The Morgan fingerprint density at radius 3 is 2.17 bits per heavy atom. The molecule has 2 aromatic carbocycles. The van der Waals surface area contributed by atoms with Crippen molar-refractivity contribution < 1.29 is 9.59 Å². The predicted octanol–water partition coefficient (Wildman–Crippen LogP) is 3.86. The number of carbonyl (C=O) groups is 2. The Morgan fingerprint density at radius 1 is 0.957 bits per heavy atom. The van der Waals surface area contributed by atoms with Crippen molar-refractivity contribution in [2.45, 2.75) is 13.3 Å². The largest absolute Gasteiger partial charge is 0.326 e. The lowest BCUT2D eigenvalue weighted by Gasteiger charge is -2.07. The molecule has 23 heavy (non-hydrogen) atoms. The topological polar surface area (TPSA) is 58.2 Å². The maximum atomic E-state index is 12.2. The van der Waals surface area contributed by atoms with Crippen molar-refractivity contribution in [2.75, 3.05) is 10.6 Å². The number of hydrogen-bond acceptors (Lipinski definition) is 2. The zero-order valence-electron chi connectivity index (χ0n) is 12.7. The first-order chi connectivity index (χ1) is 11.0. The number of carbonyl (C=O) groups excluding carboxylic acids is 2. The lowest BCUT2D eigenvalue weighted by atomic mass is 10.2. The van der Waals surface area contributed by atoms with Gasteiger partial charge in [-0.05, 0) is 55.3 Å². The van der Waals surface area contributed by atoms with Crippen LogP contribution >= 0.6 is 11.6 Å². The summed E-state index contributed by atoms with van der Waals surface area (Å²) < 4.78 is 0. The minimum atomic E-state index is -0.268. The first-order valence-electron chi connectivity index (χ1n) is 7.47. The fourth-order valence-electron chi connectivity index (χ4n) is 2.50. The van der Waals surface area contributed by atoms with Crippen LogP contribution in [0.15, 0.2) is 48.5 Å². The van der Waals surface area contributed by atoms with E-state index < -0.39 is 0 Å². The van der Waals surface area contributed by atoms with E-state index in [9.17, 15) is 9.59 Å². The van der Waals surface area contributed by atoms with Crippen molar-refractivity contribution in [1.82, 2.24) is 0 Å². The Hall–Kier alpha value is -2.33. The molecule has 1 aliphatic carbocycles. The number of aryl methyl sites for hydroxylation is 1. The molecule has 0 spiro atoms. The Morgan fingerprint density at radius 2 is 1.57 bits per heavy atom. The first kappa shape index (κ1) is 15.6. The van der Waals surface area contributed by atoms with Crippen LogP contribution < -0.4 is 10.6 Å². The van der Waals surface area contributed by atoms with Crippen LogP contribution in [0.25, 0.3) is 0 Å². The van der Waals surface area contributed by atoms with Crippen LogP contribution in [0.1, 0.15) is 12.0 Å². The highest BCUT2D eigenvalue weighted by molar-refractivity contribution is 6.30. The highest BCUT2D eigenvalue weighted by atomic mass is 35.5. The number of benzene rings is 2. The van der Waals surface area contributed by atoms with Gasteiger partial charge in [-0.15, -0.1) is 0 Å². The normalized spacial score (nSPS) is 19.0. The summed E-state index contributed by atoms with van der Waals surface area (Å²) in [7, 11) is 0. The molecule has 0 aromatic heterocycles. The number of halogens is 1. The summed E-state index contributed by atoms with van der Waals surface area (Å²) in [5.41, 5.74) is 2.53. The average molecular weight is 329 g/mol. The van der Waals surface area contributed by atoms with E-state index in [4.69, 9.17) is 11.6 Å². The van der Waals surface area contributed by atoms with Gasteiger partial charge in [-0.2, -0.15) is 0 Å².